The molecule has 0 bridgehead atoms. The van der Waals surface area contributed by atoms with Gasteiger partial charge in [-0.05, 0) is 43.9 Å². The summed E-state index contributed by atoms with van der Waals surface area (Å²) >= 11 is 0. The van der Waals surface area contributed by atoms with Crippen LogP contribution in [0.4, 0.5) is 4.39 Å². The van der Waals surface area contributed by atoms with Crippen molar-refractivity contribution in [3.05, 3.63) is 42.2 Å². The van der Waals surface area contributed by atoms with Crippen molar-refractivity contribution in [2.24, 2.45) is 0 Å². The molecule has 0 saturated heterocycles. The van der Waals surface area contributed by atoms with Crippen LogP contribution in [-0.2, 0) is 0 Å². The van der Waals surface area contributed by atoms with Gasteiger partial charge in [-0.25, -0.2) is 14.1 Å². The summed E-state index contributed by atoms with van der Waals surface area (Å²) in [7, 11) is 1.38. The van der Waals surface area contributed by atoms with E-state index < -0.39 is 5.82 Å². The molecule has 23 heavy (non-hydrogen) atoms. The van der Waals surface area contributed by atoms with Crippen LogP contribution in [0.15, 0.2) is 30.9 Å². The van der Waals surface area contributed by atoms with Gasteiger partial charge in [0.2, 0.25) is 0 Å². The molecule has 1 aliphatic rings. The Morgan fingerprint density at radius 3 is 2.78 bits per heavy atom. The van der Waals surface area contributed by atoms with Gasteiger partial charge in [0, 0.05) is 11.6 Å². The maximum absolute atomic E-state index is 13.4. The third-order valence-corrected chi connectivity index (χ3v) is 4.26. The fraction of sp³-hybridized carbons (Fsp3) is 0.438. The Morgan fingerprint density at radius 2 is 2.13 bits per heavy atom. The number of halogens is 1. The van der Waals surface area contributed by atoms with Gasteiger partial charge in [0.25, 0.3) is 5.91 Å². The lowest BCUT2D eigenvalue weighted by atomic mass is 9.91. The number of carbonyl (C=O) groups excluding carboxylic acids is 1. The van der Waals surface area contributed by atoms with Gasteiger partial charge in [-0.3, -0.25) is 4.79 Å². The quantitative estimate of drug-likeness (QED) is 0.939. The summed E-state index contributed by atoms with van der Waals surface area (Å²) in [6.45, 7) is 0. The van der Waals surface area contributed by atoms with Gasteiger partial charge < -0.3 is 10.1 Å². The predicted octanol–water partition coefficient (Wildman–Crippen LogP) is 2.34. The van der Waals surface area contributed by atoms with Crippen molar-refractivity contribution in [2.45, 2.75) is 37.8 Å². The van der Waals surface area contributed by atoms with Gasteiger partial charge in [0.05, 0.1) is 13.2 Å². The van der Waals surface area contributed by atoms with Gasteiger partial charge in [0.1, 0.15) is 12.7 Å². The molecule has 1 aromatic carbocycles. The normalized spacial score (nSPS) is 21.0. The first-order valence-electron chi connectivity index (χ1n) is 7.66. The fourth-order valence-electron chi connectivity index (χ4n) is 2.96. The SMILES string of the molecule is COc1cc(C(=O)NC2CCC(n3cncn3)CC2)ccc1F. The number of aromatic nitrogens is 3. The Labute approximate surface area is 133 Å². The van der Waals surface area contributed by atoms with E-state index >= 15 is 0 Å². The second-order valence-electron chi connectivity index (χ2n) is 5.70. The Kier molecular flexibility index (Phi) is 4.55. The molecular weight excluding hydrogens is 299 g/mol. The Balaban J connectivity index is 1.57. The summed E-state index contributed by atoms with van der Waals surface area (Å²) < 4.78 is 20.2. The summed E-state index contributed by atoms with van der Waals surface area (Å²) in [6, 6.07) is 4.60. The minimum Gasteiger partial charge on any atom is -0.494 e. The number of nitrogens with one attached hydrogen (secondary N) is 1. The molecule has 1 saturated carbocycles. The van der Waals surface area contributed by atoms with Gasteiger partial charge in [-0.1, -0.05) is 0 Å². The molecule has 0 unspecified atom stereocenters. The maximum atomic E-state index is 13.4. The highest BCUT2D eigenvalue weighted by atomic mass is 19.1. The molecule has 1 aromatic heterocycles. The number of ether oxygens (including phenoxy) is 1. The van der Waals surface area contributed by atoms with Crippen LogP contribution in [-0.4, -0.2) is 33.8 Å². The molecule has 2 aromatic rings. The number of methoxy groups -OCH3 is 1. The number of hydrogen-bond acceptors (Lipinski definition) is 4. The summed E-state index contributed by atoms with van der Waals surface area (Å²) in [5, 5.41) is 7.18. The number of benzene rings is 1. The number of nitrogens with zero attached hydrogens (tertiary/aromatic N) is 3. The van der Waals surface area contributed by atoms with Gasteiger partial charge in [-0.2, -0.15) is 5.10 Å². The maximum Gasteiger partial charge on any atom is 0.251 e. The van der Waals surface area contributed by atoms with Crippen LogP contribution in [0.5, 0.6) is 5.75 Å². The van der Waals surface area contributed by atoms with Gasteiger partial charge in [0.15, 0.2) is 11.6 Å². The topological polar surface area (TPSA) is 69.0 Å². The first kappa shape index (κ1) is 15.5. The number of rotatable bonds is 4. The zero-order valence-electron chi connectivity index (χ0n) is 12.9. The molecule has 1 N–H and O–H groups in total. The van der Waals surface area contributed by atoms with E-state index in [0.717, 1.165) is 25.7 Å². The Hall–Kier alpha value is -2.44. The van der Waals surface area contributed by atoms with Gasteiger partial charge in [-0.15, -0.1) is 0 Å². The summed E-state index contributed by atoms with van der Waals surface area (Å²) in [5.74, 6) is -0.600. The van der Waals surface area contributed by atoms with Crippen LogP contribution in [0, 0.1) is 5.82 Å². The molecule has 0 aliphatic heterocycles. The molecular formula is C16H19FN4O2. The molecule has 1 heterocycles. The van der Waals surface area contributed by atoms with Crippen molar-refractivity contribution in [2.75, 3.05) is 7.11 Å². The average Bonchev–Trinajstić information content (AvgIpc) is 3.10. The molecule has 1 amide bonds. The van der Waals surface area contributed by atoms with E-state index in [1.54, 1.807) is 6.33 Å². The Bertz CT molecular complexity index is 667. The molecule has 1 aliphatic carbocycles. The number of hydrogen-bond donors (Lipinski definition) is 1. The van der Waals surface area contributed by atoms with E-state index in [9.17, 15) is 9.18 Å². The van der Waals surface area contributed by atoms with E-state index in [1.807, 2.05) is 4.68 Å². The second-order valence-corrected chi connectivity index (χ2v) is 5.70. The number of amides is 1. The molecule has 1 fully saturated rings. The zero-order valence-corrected chi connectivity index (χ0v) is 12.9. The van der Waals surface area contributed by atoms with Crippen molar-refractivity contribution in [1.29, 1.82) is 0 Å². The predicted molar refractivity (Wildman–Crippen MR) is 81.7 cm³/mol. The molecule has 0 radical (unpaired) electrons. The monoisotopic (exact) mass is 318 g/mol. The van der Waals surface area contributed by atoms with Crippen LogP contribution in [0.25, 0.3) is 0 Å². The summed E-state index contributed by atoms with van der Waals surface area (Å²) in [6.07, 6.45) is 6.93. The fourth-order valence-corrected chi connectivity index (χ4v) is 2.96. The van der Waals surface area contributed by atoms with Crippen LogP contribution in [0.2, 0.25) is 0 Å². The first-order valence-corrected chi connectivity index (χ1v) is 7.66. The summed E-state index contributed by atoms with van der Waals surface area (Å²) in [4.78, 5) is 16.3. The Morgan fingerprint density at radius 1 is 1.35 bits per heavy atom. The largest absolute Gasteiger partial charge is 0.494 e. The highest BCUT2D eigenvalue weighted by Gasteiger charge is 2.24. The molecule has 122 valence electrons. The van der Waals surface area contributed by atoms with E-state index in [1.165, 1.54) is 31.6 Å². The first-order chi connectivity index (χ1) is 11.2. The molecule has 0 atom stereocenters. The van der Waals surface area contributed by atoms with Crippen LogP contribution >= 0.6 is 0 Å². The van der Waals surface area contributed by atoms with Crippen molar-refractivity contribution < 1.29 is 13.9 Å². The number of carbonyl (C=O) groups is 1. The molecule has 7 heteroatoms. The van der Waals surface area contributed by atoms with Crippen molar-refractivity contribution in [3.8, 4) is 5.75 Å². The van der Waals surface area contributed by atoms with Crippen LogP contribution < -0.4 is 10.1 Å². The van der Waals surface area contributed by atoms with Crippen molar-refractivity contribution in [3.63, 3.8) is 0 Å². The van der Waals surface area contributed by atoms with Crippen LogP contribution in [0.3, 0.4) is 0 Å². The smallest absolute Gasteiger partial charge is 0.251 e. The lowest BCUT2D eigenvalue weighted by Crippen LogP contribution is -2.38. The zero-order chi connectivity index (χ0) is 16.2. The molecule has 3 rings (SSSR count). The van der Waals surface area contributed by atoms with E-state index in [-0.39, 0.29) is 17.7 Å². The van der Waals surface area contributed by atoms with Crippen molar-refractivity contribution in [1.82, 2.24) is 20.1 Å². The average molecular weight is 318 g/mol. The lowest BCUT2D eigenvalue weighted by Gasteiger charge is -2.29. The van der Waals surface area contributed by atoms with Gasteiger partial charge >= 0.3 is 0 Å². The molecule has 6 nitrogen and oxygen atoms in total. The lowest BCUT2D eigenvalue weighted by molar-refractivity contribution is 0.0921. The highest BCUT2D eigenvalue weighted by Crippen LogP contribution is 2.28. The summed E-state index contributed by atoms with van der Waals surface area (Å²) in [5.41, 5.74) is 0.404. The van der Waals surface area contributed by atoms with E-state index in [4.69, 9.17) is 4.74 Å². The van der Waals surface area contributed by atoms with E-state index in [2.05, 4.69) is 15.4 Å². The standard InChI is InChI=1S/C16H19FN4O2/c1-23-15-8-11(2-7-14(15)17)16(22)20-12-3-5-13(6-4-12)21-10-18-9-19-21/h2,7-10,12-13H,3-6H2,1H3,(H,20,22). The minimum absolute atomic E-state index is 0.0764. The third-order valence-electron chi connectivity index (χ3n) is 4.26. The van der Waals surface area contributed by atoms with E-state index in [0.29, 0.717) is 11.6 Å². The highest BCUT2D eigenvalue weighted by molar-refractivity contribution is 5.94. The third kappa shape index (κ3) is 3.49. The minimum atomic E-state index is -0.475. The van der Waals surface area contributed by atoms with Crippen molar-refractivity contribution >= 4 is 5.91 Å². The molecule has 0 spiro atoms. The second kappa shape index (κ2) is 6.76. The van der Waals surface area contributed by atoms with Crippen LogP contribution in [0.1, 0.15) is 42.1 Å².